The van der Waals surface area contributed by atoms with Crippen molar-refractivity contribution in [1.82, 2.24) is 0 Å². The molecule has 1 aliphatic carbocycles. The van der Waals surface area contributed by atoms with Gasteiger partial charge >= 0.3 is 11.9 Å². The molecule has 0 aromatic carbocycles. The molecule has 0 saturated heterocycles. The average Bonchev–Trinajstić information content (AvgIpc) is 2.41. The SMILES string of the molecule is C=C(C)COC(=O)C1CCCC(C)C1C(=O)OCC(=C)C. The highest BCUT2D eigenvalue weighted by Gasteiger charge is 2.42. The number of ether oxygens (including phenoxy) is 2. The molecule has 0 aromatic heterocycles. The molecule has 3 unspecified atom stereocenters. The van der Waals surface area contributed by atoms with E-state index < -0.39 is 11.8 Å². The normalized spacial score (nSPS) is 25.0. The van der Waals surface area contributed by atoms with E-state index in [0.717, 1.165) is 24.0 Å². The van der Waals surface area contributed by atoms with Gasteiger partial charge in [-0.05, 0) is 43.8 Å². The number of esters is 2. The molecule has 0 aromatic rings. The summed E-state index contributed by atoms with van der Waals surface area (Å²) in [4.78, 5) is 24.5. The van der Waals surface area contributed by atoms with Gasteiger partial charge in [0.15, 0.2) is 0 Å². The van der Waals surface area contributed by atoms with Gasteiger partial charge in [-0.15, -0.1) is 0 Å². The van der Waals surface area contributed by atoms with Gasteiger partial charge in [-0.1, -0.05) is 26.5 Å². The number of carbonyl (C=O) groups is 2. The van der Waals surface area contributed by atoms with Crippen LogP contribution in [-0.4, -0.2) is 25.2 Å². The lowest BCUT2D eigenvalue weighted by molar-refractivity contribution is -0.164. The topological polar surface area (TPSA) is 52.6 Å². The molecule has 4 heteroatoms. The first-order chi connectivity index (χ1) is 9.82. The van der Waals surface area contributed by atoms with Gasteiger partial charge in [0.25, 0.3) is 0 Å². The first-order valence-corrected chi connectivity index (χ1v) is 7.45. The zero-order valence-corrected chi connectivity index (χ0v) is 13.3. The van der Waals surface area contributed by atoms with Crippen molar-refractivity contribution in [1.29, 1.82) is 0 Å². The van der Waals surface area contributed by atoms with Gasteiger partial charge in [0.05, 0.1) is 11.8 Å². The highest BCUT2D eigenvalue weighted by molar-refractivity contribution is 5.82. The summed E-state index contributed by atoms with van der Waals surface area (Å²) >= 11 is 0. The van der Waals surface area contributed by atoms with Crippen molar-refractivity contribution in [3.8, 4) is 0 Å². The van der Waals surface area contributed by atoms with Gasteiger partial charge in [-0.25, -0.2) is 0 Å². The van der Waals surface area contributed by atoms with Crippen molar-refractivity contribution in [3.05, 3.63) is 24.3 Å². The Morgan fingerprint density at radius 1 is 1.00 bits per heavy atom. The number of carbonyl (C=O) groups excluding carboxylic acids is 2. The molecule has 0 N–H and O–H groups in total. The summed E-state index contributed by atoms with van der Waals surface area (Å²) in [5.41, 5.74) is 1.57. The maximum Gasteiger partial charge on any atom is 0.310 e. The van der Waals surface area contributed by atoms with Crippen LogP contribution in [0.3, 0.4) is 0 Å². The molecule has 0 spiro atoms. The first kappa shape index (κ1) is 17.5. The summed E-state index contributed by atoms with van der Waals surface area (Å²) in [6, 6.07) is 0. The van der Waals surface area contributed by atoms with Crippen LogP contribution in [0.1, 0.15) is 40.0 Å². The minimum absolute atomic E-state index is 0.124. The molecule has 1 aliphatic rings. The molecule has 0 aliphatic heterocycles. The fraction of sp³-hybridized carbons (Fsp3) is 0.647. The standard InChI is InChI=1S/C17H26O4/c1-11(2)9-20-16(18)14-8-6-7-13(5)15(14)17(19)21-10-12(3)4/h13-15H,1,3,6-10H2,2,4-5H3. The Bertz CT molecular complexity index is 425. The molecule has 4 nitrogen and oxygen atoms in total. The number of rotatable bonds is 6. The minimum Gasteiger partial charge on any atom is -0.461 e. The number of hydrogen-bond donors (Lipinski definition) is 0. The van der Waals surface area contributed by atoms with Crippen molar-refractivity contribution in [2.45, 2.75) is 40.0 Å². The summed E-state index contributed by atoms with van der Waals surface area (Å²) in [5, 5.41) is 0. The van der Waals surface area contributed by atoms with Crippen LogP contribution in [-0.2, 0) is 19.1 Å². The van der Waals surface area contributed by atoms with E-state index in [0.29, 0.717) is 6.42 Å². The van der Waals surface area contributed by atoms with Gasteiger partial charge in [0, 0.05) is 0 Å². The van der Waals surface area contributed by atoms with E-state index in [1.165, 1.54) is 0 Å². The van der Waals surface area contributed by atoms with Crippen LogP contribution in [0.25, 0.3) is 0 Å². The highest BCUT2D eigenvalue weighted by atomic mass is 16.5. The summed E-state index contributed by atoms with van der Waals surface area (Å²) in [5.74, 6) is -1.34. The van der Waals surface area contributed by atoms with E-state index in [1.807, 2.05) is 6.92 Å². The van der Waals surface area contributed by atoms with Crippen molar-refractivity contribution >= 4 is 11.9 Å². The largest absolute Gasteiger partial charge is 0.461 e. The molecule has 0 heterocycles. The lowest BCUT2D eigenvalue weighted by Gasteiger charge is -2.33. The summed E-state index contributed by atoms with van der Waals surface area (Å²) in [6.07, 6.45) is 2.53. The summed E-state index contributed by atoms with van der Waals surface area (Å²) < 4.78 is 10.5. The Balaban J connectivity index is 2.73. The fourth-order valence-electron chi connectivity index (χ4n) is 2.67. The van der Waals surface area contributed by atoms with Gasteiger partial charge < -0.3 is 9.47 Å². The van der Waals surface area contributed by atoms with Crippen LogP contribution in [0.5, 0.6) is 0 Å². The van der Waals surface area contributed by atoms with Crippen LogP contribution in [0, 0.1) is 17.8 Å². The lowest BCUT2D eigenvalue weighted by Crippen LogP contribution is -2.39. The minimum atomic E-state index is -0.421. The van der Waals surface area contributed by atoms with Crippen LogP contribution in [0.15, 0.2) is 24.3 Å². The third kappa shape index (κ3) is 5.37. The highest BCUT2D eigenvalue weighted by Crippen LogP contribution is 2.36. The Hall–Kier alpha value is -1.58. The maximum atomic E-state index is 12.3. The second-order valence-corrected chi connectivity index (χ2v) is 6.17. The fourth-order valence-corrected chi connectivity index (χ4v) is 2.67. The Kier molecular flexibility index (Phi) is 6.66. The van der Waals surface area contributed by atoms with Crippen LogP contribution >= 0.6 is 0 Å². The molecule has 1 rings (SSSR count). The second kappa shape index (κ2) is 8.01. The van der Waals surface area contributed by atoms with Gasteiger partial charge in [-0.2, -0.15) is 0 Å². The van der Waals surface area contributed by atoms with Crippen molar-refractivity contribution in [2.75, 3.05) is 13.2 Å². The van der Waals surface area contributed by atoms with Crippen LogP contribution in [0.2, 0.25) is 0 Å². The monoisotopic (exact) mass is 294 g/mol. The Morgan fingerprint density at radius 3 is 2.05 bits per heavy atom. The Labute approximate surface area is 127 Å². The van der Waals surface area contributed by atoms with Crippen molar-refractivity contribution < 1.29 is 19.1 Å². The average molecular weight is 294 g/mol. The van der Waals surface area contributed by atoms with E-state index in [1.54, 1.807) is 13.8 Å². The quantitative estimate of drug-likeness (QED) is 0.557. The molecular weight excluding hydrogens is 268 g/mol. The molecule has 1 fully saturated rings. The van der Waals surface area contributed by atoms with E-state index in [-0.39, 0.29) is 31.1 Å². The molecule has 21 heavy (non-hydrogen) atoms. The van der Waals surface area contributed by atoms with E-state index in [2.05, 4.69) is 13.2 Å². The second-order valence-electron chi connectivity index (χ2n) is 6.17. The molecular formula is C17H26O4. The molecule has 0 radical (unpaired) electrons. The predicted molar refractivity (Wildman–Crippen MR) is 81.5 cm³/mol. The van der Waals surface area contributed by atoms with E-state index >= 15 is 0 Å². The summed E-state index contributed by atoms with van der Waals surface area (Å²) in [7, 11) is 0. The van der Waals surface area contributed by atoms with Crippen LogP contribution in [0.4, 0.5) is 0 Å². The zero-order valence-electron chi connectivity index (χ0n) is 13.3. The molecule has 1 saturated carbocycles. The van der Waals surface area contributed by atoms with Gasteiger partial charge in [-0.3, -0.25) is 9.59 Å². The molecule has 3 atom stereocenters. The maximum absolute atomic E-state index is 12.3. The van der Waals surface area contributed by atoms with Gasteiger partial charge in [0.2, 0.25) is 0 Å². The lowest BCUT2D eigenvalue weighted by atomic mass is 9.73. The Morgan fingerprint density at radius 2 is 1.52 bits per heavy atom. The third-order valence-electron chi connectivity index (χ3n) is 3.72. The third-order valence-corrected chi connectivity index (χ3v) is 3.72. The van der Waals surface area contributed by atoms with Crippen molar-refractivity contribution in [3.63, 3.8) is 0 Å². The van der Waals surface area contributed by atoms with Gasteiger partial charge in [0.1, 0.15) is 13.2 Å². The molecule has 0 bridgehead atoms. The zero-order chi connectivity index (χ0) is 16.0. The predicted octanol–water partition coefficient (Wildman–Crippen LogP) is 3.28. The number of hydrogen-bond acceptors (Lipinski definition) is 4. The van der Waals surface area contributed by atoms with Crippen LogP contribution < -0.4 is 0 Å². The van der Waals surface area contributed by atoms with Crippen molar-refractivity contribution in [2.24, 2.45) is 17.8 Å². The first-order valence-electron chi connectivity index (χ1n) is 7.45. The molecule has 0 amide bonds. The van der Waals surface area contributed by atoms with E-state index in [9.17, 15) is 9.59 Å². The smallest absolute Gasteiger partial charge is 0.310 e. The summed E-state index contributed by atoms with van der Waals surface area (Å²) in [6.45, 7) is 13.4. The van der Waals surface area contributed by atoms with E-state index in [4.69, 9.17) is 9.47 Å². The molecule has 118 valence electrons.